The fraction of sp³-hybridized carbons (Fsp3) is 0.526. The summed E-state index contributed by atoms with van der Waals surface area (Å²) in [6.07, 6.45) is 3.28. The zero-order valence-corrected chi connectivity index (χ0v) is 17.6. The topological polar surface area (TPSA) is 116 Å². The van der Waals surface area contributed by atoms with E-state index >= 15 is 0 Å². The van der Waals surface area contributed by atoms with Crippen LogP contribution in [0.25, 0.3) is 0 Å². The Hall–Kier alpha value is -2.46. The molecule has 4 amide bonds. The highest BCUT2D eigenvalue weighted by Crippen LogP contribution is 2.38. The minimum Gasteiger partial charge on any atom is -0.324 e. The maximum Gasteiger partial charge on any atom is 0.325 e. The summed E-state index contributed by atoms with van der Waals surface area (Å²) in [5.74, 6) is -0.934. The van der Waals surface area contributed by atoms with E-state index < -0.39 is 34.0 Å². The number of sulfonamides is 1. The molecule has 2 N–H and O–H groups in total. The molecule has 2 atom stereocenters. The summed E-state index contributed by atoms with van der Waals surface area (Å²) in [6.45, 7) is 1.52. The second-order valence-electron chi connectivity index (χ2n) is 7.80. The molecule has 2 aliphatic rings. The van der Waals surface area contributed by atoms with Crippen molar-refractivity contribution < 1.29 is 22.8 Å². The smallest absolute Gasteiger partial charge is 0.324 e. The van der Waals surface area contributed by atoms with Crippen molar-refractivity contribution in [1.82, 2.24) is 14.5 Å². The van der Waals surface area contributed by atoms with E-state index in [-0.39, 0.29) is 22.4 Å². The molecule has 1 aromatic carbocycles. The van der Waals surface area contributed by atoms with E-state index in [4.69, 9.17) is 0 Å². The normalized spacial score (nSPS) is 24.8. The Balaban J connectivity index is 1.72. The molecule has 1 spiro atoms. The third-order valence-corrected chi connectivity index (χ3v) is 7.51. The standard InChI is InChI=1S/C19H26N4O5S/c1-13-7-4-5-10-19(13)17(25)23(18(26)21-19)12-16(24)20-14-8-6-9-15(11-14)29(27,28)22(2)3/h6,8-9,11,13H,4-5,7,10,12H2,1-3H3,(H,20,24)(H,21,26). The first-order chi connectivity index (χ1) is 13.6. The number of nitrogens with zero attached hydrogens (tertiary/aromatic N) is 2. The lowest BCUT2D eigenvalue weighted by Gasteiger charge is -2.36. The summed E-state index contributed by atoms with van der Waals surface area (Å²) >= 11 is 0. The van der Waals surface area contributed by atoms with Gasteiger partial charge in [-0.15, -0.1) is 0 Å². The highest BCUT2D eigenvalue weighted by Gasteiger charge is 2.55. The van der Waals surface area contributed by atoms with Gasteiger partial charge in [-0.1, -0.05) is 25.8 Å². The van der Waals surface area contributed by atoms with Gasteiger partial charge in [-0.05, 0) is 37.0 Å². The minimum atomic E-state index is -3.65. The van der Waals surface area contributed by atoms with Crippen molar-refractivity contribution in [3.05, 3.63) is 24.3 Å². The van der Waals surface area contributed by atoms with Gasteiger partial charge in [0.1, 0.15) is 12.1 Å². The van der Waals surface area contributed by atoms with Crippen LogP contribution >= 0.6 is 0 Å². The lowest BCUT2D eigenvalue weighted by Crippen LogP contribution is -2.54. The summed E-state index contributed by atoms with van der Waals surface area (Å²) in [7, 11) is -0.813. The number of nitrogens with one attached hydrogen (secondary N) is 2. The number of urea groups is 1. The number of amides is 4. The monoisotopic (exact) mass is 422 g/mol. The molecule has 158 valence electrons. The number of rotatable bonds is 5. The van der Waals surface area contributed by atoms with Gasteiger partial charge in [0.2, 0.25) is 15.9 Å². The summed E-state index contributed by atoms with van der Waals surface area (Å²) in [6, 6.07) is 5.25. The Morgan fingerprint density at radius 2 is 2.03 bits per heavy atom. The first kappa shape index (κ1) is 21.3. The summed E-state index contributed by atoms with van der Waals surface area (Å²) in [5, 5.41) is 5.37. The maximum absolute atomic E-state index is 12.9. The van der Waals surface area contributed by atoms with Crippen LogP contribution in [0.4, 0.5) is 10.5 Å². The van der Waals surface area contributed by atoms with Gasteiger partial charge in [-0.2, -0.15) is 0 Å². The number of hydrogen-bond donors (Lipinski definition) is 2. The number of benzene rings is 1. The molecular weight excluding hydrogens is 396 g/mol. The number of hydrogen-bond acceptors (Lipinski definition) is 5. The second-order valence-corrected chi connectivity index (χ2v) is 9.95. The lowest BCUT2D eigenvalue weighted by atomic mass is 9.73. The molecule has 9 nitrogen and oxygen atoms in total. The Morgan fingerprint density at radius 3 is 2.69 bits per heavy atom. The molecule has 1 saturated heterocycles. The average molecular weight is 423 g/mol. The van der Waals surface area contributed by atoms with Crippen LogP contribution in [0.3, 0.4) is 0 Å². The van der Waals surface area contributed by atoms with Gasteiger partial charge in [0, 0.05) is 19.8 Å². The molecule has 10 heteroatoms. The van der Waals surface area contributed by atoms with Gasteiger partial charge in [0.25, 0.3) is 5.91 Å². The fourth-order valence-corrected chi connectivity index (χ4v) is 4.88. The lowest BCUT2D eigenvalue weighted by molar-refractivity contribution is -0.136. The third kappa shape index (κ3) is 3.86. The van der Waals surface area contributed by atoms with E-state index in [1.165, 1.54) is 32.3 Å². The summed E-state index contributed by atoms with van der Waals surface area (Å²) in [4.78, 5) is 38.7. The molecule has 1 saturated carbocycles. The Bertz CT molecular complexity index is 946. The van der Waals surface area contributed by atoms with Crippen LogP contribution in [0.1, 0.15) is 32.6 Å². The van der Waals surface area contributed by atoms with E-state index in [1.54, 1.807) is 6.07 Å². The first-order valence-corrected chi connectivity index (χ1v) is 11.0. The average Bonchev–Trinajstić information content (AvgIpc) is 2.89. The molecule has 3 rings (SSSR count). The SMILES string of the molecule is CC1CCCCC12NC(=O)N(CC(=O)Nc1cccc(S(=O)(=O)N(C)C)c1)C2=O. The predicted octanol–water partition coefficient (Wildman–Crippen LogP) is 1.38. The van der Waals surface area contributed by atoms with Gasteiger partial charge in [-0.25, -0.2) is 17.5 Å². The van der Waals surface area contributed by atoms with Crippen LogP contribution in [0.15, 0.2) is 29.2 Å². The van der Waals surface area contributed by atoms with E-state index in [0.717, 1.165) is 28.5 Å². The van der Waals surface area contributed by atoms with Crippen molar-refractivity contribution in [3.8, 4) is 0 Å². The maximum atomic E-state index is 12.9. The quantitative estimate of drug-likeness (QED) is 0.696. The van der Waals surface area contributed by atoms with Crippen molar-refractivity contribution in [2.45, 2.75) is 43.0 Å². The zero-order chi connectivity index (χ0) is 21.4. The molecule has 2 fully saturated rings. The molecule has 29 heavy (non-hydrogen) atoms. The van der Waals surface area contributed by atoms with Crippen molar-refractivity contribution in [3.63, 3.8) is 0 Å². The molecule has 1 heterocycles. The Kier molecular flexibility index (Phi) is 5.68. The van der Waals surface area contributed by atoms with Crippen LogP contribution in [-0.4, -0.2) is 61.6 Å². The number of carbonyl (C=O) groups is 3. The second kappa shape index (κ2) is 7.75. The predicted molar refractivity (Wildman–Crippen MR) is 107 cm³/mol. The first-order valence-electron chi connectivity index (χ1n) is 9.54. The molecule has 1 aliphatic carbocycles. The number of anilines is 1. The summed E-state index contributed by atoms with van der Waals surface area (Å²) < 4.78 is 25.6. The van der Waals surface area contributed by atoms with E-state index in [1.807, 2.05) is 6.92 Å². The molecule has 1 aliphatic heterocycles. The van der Waals surface area contributed by atoms with Gasteiger partial charge < -0.3 is 10.6 Å². The van der Waals surface area contributed by atoms with Gasteiger partial charge in [0.15, 0.2) is 0 Å². The molecule has 0 radical (unpaired) electrons. The third-order valence-electron chi connectivity index (χ3n) is 5.70. The molecule has 2 unspecified atom stereocenters. The van der Waals surface area contributed by atoms with E-state index in [2.05, 4.69) is 10.6 Å². The molecular formula is C19H26N4O5S. The van der Waals surface area contributed by atoms with Crippen LogP contribution < -0.4 is 10.6 Å². The summed E-state index contributed by atoms with van der Waals surface area (Å²) in [5.41, 5.74) is -0.652. The number of imide groups is 1. The van der Waals surface area contributed by atoms with Crippen LogP contribution in [0.2, 0.25) is 0 Å². The highest BCUT2D eigenvalue weighted by molar-refractivity contribution is 7.89. The van der Waals surface area contributed by atoms with Crippen LogP contribution in [-0.2, 0) is 19.6 Å². The van der Waals surface area contributed by atoms with Gasteiger partial charge in [-0.3, -0.25) is 14.5 Å². The van der Waals surface area contributed by atoms with Crippen molar-refractivity contribution in [2.24, 2.45) is 5.92 Å². The van der Waals surface area contributed by atoms with Crippen molar-refractivity contribution in [1.29, 1.82) is 0 Å². The minimum absolute atomic E-state index is 0.00804. The van der Waals surface area contributed by atoms with E-state index in [9.17, 15) is 22.8 Å². The van der Waals surface area contributed by atoms with Crippen LogP contribution in [0, 0.1) is 5.92 Å². The molecule has 0 bridgehead atoms. The van der Waals surface area contributed by atoms with Crippen molar-refractivity contribution in [2.75, 3.05) is 26.0 Å². The van der Waals surface area contributed by atoms with Crippen molar-refractivity contribution >= 4 is 33.6 Å². The number of carbonyl (C=O) groups excluding carboxylic acids is 3. The molecule has 1 aromatic rings. The Labute approximate surface area is 170 Å². The largest absolute Gasteiger partial charge is 0.325 e. The fourth-order valence-electron chi connectivity index (χ4n) is 3.93. The molecule has 0 aromatic heterocycles. The highest BCUT2D eigenvalue weighted by atomic mass is 32.2. The van der Waals surface area contributed by atoms with E-state index in [0.29, 0.717) is 6.42 Å². The van der Waals surface area contributed by atoms with Gasteiger partial charge in [0.05, 0.1) is 4.90 Å². The van der Waals surface area contributed by atoms with Gasteiger partial charge >= 0.3 is 6.03 Å². The van der Waals surface area contributed by atoms with Crippen LogP contribution in [0.5, 0.6) is 0 Å². The Morgan fingerprint density at radius 1 is 1.31 bits per heavy atom. The zero-order valence-electron chi connectivity index (χ0n) is 16.8.